The van der Waals surface area contributed by atoms with Crippen molar-refractivity contribution in [2.45, 2.75) is 6.92 Å². The maximum atomic E-state index is 14.8. The van der Waals surface area contributed by atoms with Crippen molar-refractivity contribution in [2.24, 2.45) is 0 Å². The van der Waals surface area contributed by atoms with Crippen LogP contribution in [0.3, 0.4) is 0 Å². The third kappa shape index (κ3) is 3.14. The normalized spacial score (nSPS) is 11.3. The van der Waals surface area contributed by atoms with Crippen LogP contribution in [0.25, 0.3) is 33.0 Å². The number of rotatable bonds is 2. The van der Waals surface area contributed by atoms with Gasteiger partial charge in [0.15, 0.2) is 29.1 Å². The Bertz CT molecular complexity index is 1260. The fraction of sp³-hybridized carbons (Fsp3) is 0.0435. The van der Waals surface area contributed by atoms with Gasteiger partial charge in [0, 0.05) is 11.1 Å². The van der Waals surface area contributed by atoms with Crippen LogP contribution in [0.1, 0.15) is 5.56 Å². The van der Waals surface area contributed by atoms with E-state index in [4.69, 9.17) is 0 Å². The maximum Gasteiger partial charge on any atom is 0.195 e. The highest BCUT2D eigenvalue weighted by atomic mass is 19.2. The van der Waals surface area contributed by atoms with E-state index < -0.39 is 40.3 Å². The van der Waals surface area contributed by atoms with Gasteiger partial charge in [-0.25, -0.2) is 26.3 Å². The Morgan fingerprint density at radius 2 is 1.10 bits per heavy atom. The van der Waals surface area contributed by atoms with Gasteiger partial charge in [-0.15, -0.1) is 0 Å². The smallest absolute Gasteiger partial charge is 0.195 e. The molecule has 29 heavy (non-hydrogen) atoms. The molecule has 0 unspecified atom stereocenters. The van der Waals surface area contributed by atoms with Crippen molar-refractivity contribution in [2.75, 3.05) is 0 Å². The van der Waals surface area contributed by atoms with Gasteiger partial charge in [-0.2, -0.15) is 0 Å². The van der Waals surface area contributed by atoms with Gasteiger partial charge in [-0.1, -0.05) is 42.0 Å². The zero-order valence-electron chi connectivity index (χ0n) is 15.0. The van der Waals surface area contributed by atoms with Gasteiger partial charge in [0.2, 0.25) is 0 Å². The number of benzene rings is 4. The summed E-state index contributed by atoms with van der Waals surface area (Å²) in [5, 5.41) is -1.07. The zero-order chi connectivity index (χ0) is 20.9. The van der Waals surface area contributed by atoms with E-state index in [0.29, 0.717) is 11.6 Å². The molecule has 0 saturated carbocycles. The Hall–Kier alpha value is -3.28. The summed E-state index contributed by atoms with van der Waals surface area (Å²) in [5.41, 5.74) is 1.01. The Morgan fingerprint density at radius 3 is 1.72 bits per heavy atom. The van der Waals surface area contributed by atoms with E-state index in [9.17, 15) is 26.3 Å². The Balaban J connectivity index is 1.89. The molecule has 0 aromatic heterocycles. The van der Waals surface area contributed by atoms with E-state index in [1.54, 1.807) is 24.3 Å². The molecule has 0 aliphatic heterocycles. The largest absolute Gasteiger partial charge is 0.206 e. The Labute approximate surface area is 162 Å². The van der Waals surface area contributed by atoms with Crippen LogP contribution in [-0.2, 0) is 0 Å². The SMILES string of the molecule is Cc1ccc(-c2ccc(-c3cc(F)c4c(F)c(F)c(F)cc4c3)c(F)c2F)cc1. The number of fused-ring (bicyclic) bond motifs is 1. The first-order valence-corrected chi connectivity index (χ1v) is 8.60. The highest BCUT2D eigenvalue weighted by Crippen LogP contribution is 2.35. The molecule has 0 aliphatic carbocycles. The first-order chi connectivity index (χ1) is 13.8. The second kappa shape index (κ2) is 6.95. The molecule has 0 aliphatic rings. The van der Waals surface area contributed by atoms with Crippen LogP contribution >= 0.6 is 0 Å². The second-order valence-corrected chi connectivity index (χ2v) is 6.70. The van der Waals surface area contributed by atoms with Crippen LogP contribution in [-0.4, -0.2) is 0 Å². The summed E-state index contributed by atoms with van der Waals surface area (Å²) in [7, 11) is 0. The summed E-state index contributed by atoms with van der Waals surface area (Å²) in [6.07, 6.45) is 0. The summed E-state index contributed by atoms with van der Waals surface area (Å²) in [6.45, 7) is 1.86. The van der Waals surface area contributed by atoms with Crippen molar-refractivity contribution in [3.8, 4) is 22.3 Å². The van der Waals surface area contributed by atoms with E-state index in [1.165, 1.54) is 12.1 Å². The lowest BCUT2D eigenvalue weighted by Gasteiger charge is -2.11. The number of aryl methyl sites for hydroxylation is 1. The molecule has 0 fully saturated rings. The predicted molar refractivity (Wildman–Crippen MR) is 99.3 cm³/mol. The van der Waals surface area contributed by atoms with Crippen LogP contribution in [0.2, 0.25) is 0 Å². The summed E-state index contributed by atoms with van der Waals surface area (Å²) in [5.74, 6) is -8.56. The molecule has 0 amide bonds. The van der Waals surface area contributed by atoms with Crippen molar-refractivity contribution >= 4 is 10.8 Å². The molecule has 4 rings (SSSR count). The molecule has 4 aromatic carbocycles. The summed E-state index contributed by atoms with van der Waals surface area (Å²) in [4.78, 5) is 0. The summed E-state index contributed by atoms with van der Waals surface area (Å²) < 4.78 is 84.6. The minimum Gasteiger partial charge on any atom is -0.206 e. The van der Waals surface area contributed by atoms with Gasteiger partial charge in [0.25, 0.3) is 0 Å². The number of halogens is 6. The van der Waals surface area contributed by atoms with Gasteiger partial charge in [-0.05, 0) is 41.6 Å². The topological polar surface area (TPSA) is 0 Å². The third-order valence-electron chi connectivity index (χ3n) is 4.78. The molecule has 6 heteroatoms. The lowest BCUT2D eigenvalue weighted by atomic mass is 9.96. The van der Waals surface area contributed by atoms with E-state index in [2.05, 4.69) is 0 Å². The highest BCUT2D eigenvalue weighted by molar-refractivity contribution is 5.89. The summed E-state index contributed by atoms with van der Waals surface area (Å²) in [6, 6.07) is 11.8. The predicted octanol–water partition coefficient (Wildman–Crippen LogP) is 7.32. The van der Waals surface area contributed by atoms with Gasteiger partial charge in [-0.3, -0.25) is 0 Å². The van der Waals surface area contributed by atoms with E-state index >= 15 is 0 Å². The van der Waals surface area contributed by atoms with Crippen LogP contribution < -0.4 is 0 Å². The molecule has 0 spiro atoms. The lowest BCUT2D eigenvalue weighted by molar-refractivity contribution is 0.451. The molecule has 0 N–H and O–H groups in total. The van der Waals surface area contributed by atoms with E-state index in [1.807, 2.05) is 6.92 Å². The molecule has 0 saturated heterocycles. The average molecular weight is 402 g/mol. The van der Waals surface area contributed by atoms with E-state index in [0.717, 1.165) is 17.7 Å². The Kier molecular flexibility index (Phi) is 4.57. The van der Waals surface area contributed by atoms with E-state index in [-0.39, 0.29) is 22.1 Å². The number of hydrogen-bond acceptors (Lipinski definition) is 0. The Morgan fingerprint density at radius 1 is 0.517 bits per heavy atom. The standard InChI is InChI=1S/C23H12F6/c1-11-2-4-12(5-3-11)15-6-7-16(21(27)20(15)26)13-8-14-10-18(25)22(28)23(29)19(14)17(24)9-13/h2-10H,1H3. The average Bonchev–Trinajstić information content (AvgIpc) is 2.68. The van der Waals surface area contributed by atoms with Crippen molar-refractivity contribution in [1.82, 2.24) is 0 Å². The van der Waals surface area contributed by atoms with Crippen molar-refractivity contribution in [3.05, 3.63) is 95.1 Å². The maximum absolute atomic E-state index is 14.8. The van der Waals surface area contributed by atoms with Crippen molar-refractivity contribution in [3.63, 3.8) is 0 Å². The highest BCUT2D eigenvalue weighted by Gasteiger charge is 2.20. The monoisotopic (exact) mass is 402 g/mol. The molecule has 0 heterocycles. The first kappa shape index (κ1) is 19.1. The third-order valence-corrected chi connectivity index (χ3v) is 4.78. The molecule has 0 nitrogen and oxygen atoms in total. The molecule has 0 bridgehead atoms. The summed E-state index contributed by atoms with van der Waals surface area (Å²) >= 11 is 0. The van der Waals surface area contributed by atoms with Gasteiger partial charge < -0.3 is 0 Å². The quantitative estimate of drug-likeness (QED) is 0.243. The second-order valence-electron chi connectivity index (χ2n) is 6.70. The van der Waals surface area contributed by atoms with Crippen LogP contribution in [0.15, 0.2) is 54.6 Å². The molecule has 4 aromatic rings. The van der Waals surface area contributed by atoms with Crippen LogP contribution in [0.5, 0.6) is 0 Å². The van der Waals surface area contributed by atoms with Crippen LogP contribution in [0.4, 0.5) is 26.3 Å². The molecule has 0 atom stereocenters. The minimum absolute atomic E-state index is 0.0201. The molecule has 146 valence electrons. The van der Waals surface area contributed by atoms with Crippen molar-refractivity contribution in [1.29, 1.82) is 0 Å². The molecular weight excluding hydrogens is 390 g/mol. The molecular formula is C23H12F6. The van der Waals surface area contributed by atoms with Gasteiger partial charge >= 0.3 is 0 Å². The fourth-order valence-electron chi connectivity index (χ4n) is 3.27. The minimum atomic E-state index is -1.80. The van der Waals surface area contributed by atoms with Gasteiger partial charge in [0.05, 0.1) is 5.39 Å². The first-order valence-electron chi connectivity index (χ1n) is 8.60. The van der Waals surface area contributed by atoms with Crippen molar-refractivity contribution < 1.29 is 26.3 Å². The zero-order valence-corrected chi connectivity index (χ0v) is 15.0. The number of hydrogen-bond donors (Lipinski definition) is 0. The van der Waals surface area contributed by atoms with Crippen LogP contribution in [0, 0.1) is 41.8 Å². The van der Waals surface area contributed by atoms with Gasteiger partial charge in [0.1, 0.15) is 5.82 Å². The fourth-order valence-corrected chi connectivity index (χ4v) is 3.27. The lowest BCUT2D eigenvalue weighted by Crippen LogP contribution is -1.97. The molecule has 0 radical (unpaired) electrons.